The molecule has 5 nitrogen and oxygen atoms in total. The first-order valence-electron chi connectivity index (χ1n) is 10.5. The molecule has 1 amide bonds. The number of rotatable bonds is 5. The summed E-state index contributed by atoms with van der Waals surface area (Å²) < 4.78 is 72.6. The molecular weight excluding hydrogens is 483 g/mol. The van der Waals surface area contributed by atoms with Crippen LogP contribution >= 0.6 is 0 Å². The van der Waals surface area contributed by atoms with Crippen molar-refractivity contribution in [2.45, 2.75) is 20.0 Å². The van der Waals surface area contributed by atoms with Crippen molar-refractivity contribution in [2.24, 2.45) is 0 Å². The lowest BCUT2D eigenvalue weighted by Crippen LogP contribution is -2.24. The largest absolute Gasteiger partial charge is 0.456 e. The molecule has 0 spiro atoms. The number of ketones is 1. The van der Waals surface area contributed by atoms with Crippen LogP contribution in [0.5, 0.6) is 11.5 Å². The smallest absolute Gasteiger partial charge is 0.419 e. The first kappa shape index (κ1) is 24.8. The number of fused-ring (bicyclic) bond motifs is 1. The van der Waals surface area contributed by atoms with Gasteiger partial charge in [-0.15, -0.1) is 0 Å². The molecule has 0 saturated carbocycles. The summed E-state index contributed by atoms with van der Waals surface area (Å²) in [6, 6.07) is 10.3. The van der Waals surface area contributed by atoms with Crippen molar-refractivity contribution >= 4 is 28.3 Å². The van der Waals surface area contributed by atoms with Crippen LogP contribution in [0.15, 0.2) is 60.8 Å². The molecule has 10 heteroatoms. The summed E-state index contributed by atoms with van der Waals surface area (Å²) in [4.78, 5) is 29.0. The number of alkyl halides is 3. The third-order valence-corrected chi connectivity index (χ3v) is 5.47. The first-order valence-corrected chi connectivity index (χ1v) is 10.5. The number of hydrogen-bond donors (Lipinski definition) is 1. The van der Waals surface area contributed by atoms with E-state index in [4.69, 9.17) is 4.74 Å². The van der Waals surface area contributed by atoms with Crippen molar-refractivity contribution < 1.29 is 36.3 Å². The molecule has 36 heavy (non-hydrogen) atoms. The molecule has 0 radical (unpaired) electrons. The van der Waals surface area contributed by atoms with E-state index in [9.17, 15) is 31.5 Å². The highest BCUT2D eigenvalue weighted by atomic mass is 19.4. The zero-order valence-corrected chi connectivity index (χ0v) is 18.8. The number of halogens is 5. The van der Waals surface area contributed by atoms with Gasteiger partial charge >= 0.3 is 6.18 Å². The second-order valence-electron chi connectivity index (χ2n) is 7.98. The van der Waals surface area contributed by atoms with E-state index in [-0.39, 0.29) is 5.75 Å². The molecule has 0 fully saturated rings. The van der Waals surface area contributed by atoms with Gasteiger partial charge in [-0.3, -0.25) is 14.6 Å². The van der Waals surface area contributed by atoms with Crippen molar-refractivity contribution in [3.05, 3.63) is 94.7 Å². The van der Waals surface area contributed by atoms with Crippen LogP contribution in [0.2, 0.25) is 0 Å². The second kappa shape index (κ2) is 9.37. The summed E-state index contributed by atoms with van der Waals surface area (Å²) in [5, 5.41) is 2.62. The minimum atomic E-state index is -5.01. The number of amides is 1. The highest BCUT2D eigenvalue weighted by Gasteiger charge is 2.34. The van der Waals surface area contributed by atoms with Crippen molar-refractivity contribution in [3.63, 3.8) is 0 Å². The predicted molar refractivity (Wildman–Crippen MR) is 122 cm³/mol. The summed E-state index contributed by atoms with van der Waals surface area (Å²) in [5.41, 5.74) is 0.00151. The van der Waals surface area contributed by atoms with Crippen LogP contribution in [-0.4, -0.2) is 16.7 Å². The number of carbonyl (C=O) groups excluding carboxylic acids is 2. The van der Waals surface area contributed by atoms with Gasteiger partial charge in [-0.1, -0.05) is 0 Å². The number of aromatic nitrogens is 1. The van der Waals surface area contributed by atoms with Crippen molar-refractivity contribution in [3.8, 4) is 11.5 Å². The minimum Gasteiger partial charge on any atom is -0.456 e. The SMILES string of the molecule is Cc1cc2nccc(Oc3ccc(C(=O)C(=O)Nc4ccc(F)c(C(F)(F)F)c4)c(F)c3)c2cc1C. The topological polar surface area (TPSA) is 68.3 Å². The Morgan fingerprint density at radius 2 is 1.61 bits per heavy atom. The molecule has 0 aliphatic carbocycles. The molecule has 0 atom stereocenters. The first-order chi connectivity index (χ1) is 16.9. The lowest BCUT2D eigenvalue weighted by atomic mass is 10.1. The van der Waals surface area contributed by atoms with E-state index < -0.39 is 46.3 Å². The number of hydrogen-bond acceptors (Lipinski definition) is 4. The number of ether oxygens (including phenoxy) is 1. The van der Waals surface area contributed by atoms with Gasteiger partial charge in [0.15, 0.2) is 0 Å². The van der Waals surface area contributed by atoms with E-state index >= 15 is 0 Å². The third-order valence-electron chi connectivity index (χ3n) is 5.47. The van der Waals surface area contributed by atoms with Crippen LogP contribution in [0.4, 0.5) is 27.6 Å². The molecule has 184 valence electrons. The number of carbonyl (C=O) groups is 2. The van der Waals surface area contributed by atoms with E-state index in [1.807, 2.05) is 31.3 Å². The zero-order valence-electron chi connectivity index (χ0n) is 18.8. The Hall–Kier alpha value is -4.34. The Morgan fingerprint density at radius 1 is 0.889 bits per heavy atom. The fourth-order valence-corrected chi connectivity index (χ4v) is 3.47. The van der Waals surface area contributed by atoms with Gasteiger partial charge in [0.2, 0.25) is 0 Å². The highest BCUT2D eigenvalue weighted by Crippen LogP contribution is 2.33. The number of anilines is 1. The molecule has 0 saturated heterocycles. The van der Waals surface area contributed by atoms with E-state index in [2.05, 4.69) is 4.98 Å². The second-order valence-corrected chi connectivity index (χ2v) is 7.98. The van der Waals surface area contributed by atoms with E-state index in [0.717, 1.165) is 29.3 Å². The average molecular weight is 500 g/mol. The Morgan fingerprint density at radius 3 is 2.31 bits per heavy atom. The van der Waals surface area contributed by atoms with Crippen LogP contribution in [0, 0.1) is 25.5 Å². The molecule has 1 aromatic heterocycles. The molecule has 1 heterocycles. The number of aryl methyl sites for hydroxylation is 2. The fourth-order valence-electron chi connectivity index (χ4n) is 3.47. The molecule has 0 bridgehead atoms. The fraction of sp³-hybridized carbons (Fsp3) is 0.115. The van der Waals surface area contributed by atoms with Gasteiger partial charge in [0.1, 0.15) is 23.1 Å². The molecule has 3 aromatic carbocycles. The van der Waals surface area contributed by atoms with Crippen LogP contribution in [0.1, 0.15) is 27.0 Å². The maximum absolute atomic E-state index is 14.7. The lowest BCUT2D eigenvalue weighted by molar-refractivity contribution is -0.140. The van der Waals surface area contributed by atoms with Gasteiger partial charge in [-0.2, -0.15) is 13.2 Å². The number of nitrogens with zero attached hydrogens (tertiary/aromatic N) is 1. The number of benzene rings is 3. The van der Waals surface area contributed by atoms with Crippen LogP contribution in [0.3, 0.4) is 0 Å². The summed E-state index contributed by atoms with van der Waals surface area (Å²) in [7, 11) is 0. The summed E-state index contributed by atoms with van der Waals surface area (Å²) >= 11 is 0. The molecule has 0 aliphatic rings. The summed E-state index contributed by atoms with van der Waals surface area (Å²) in [5.74, 6) is -4.90. The Kier molecular flexibility index (Phi) is 6.45. The number of Topliss-reactive ketones (excluding diaryl/α,β-unsaturated/α-hetero) is 1. The predicted octanol–water partition coefficient (Wildman–Crippen LogP) is 6.76. The van der Waals surface area contributed by atoms with Crippen molar-refractivity contribution in [2.75, 3.05) is 5.32 Å². The zero-order chi connectivity index (χ0) is 26.2. The van der Waals surface area contributed by atoms with Gasteiger partial charge in [0.25, 0.3) is 11.7 Å². The van der Waals surface area contributed by atoms with Crippen molar-refractivity contribution in [1.82, 2.24) is 4.98 Å². The number of nitrogens with one attached hydrogen (secondary N) is 1. The van der Waals surface area contributed by atoms with Gasteiger partial charge in [-0.25, -0.2) is 8.78 Å². The maximum Gasteiger partial charge on any atom is 0.419 e. The molecule has 1 N–H and O–H groups in total. The standard InChI is InChI=1S/C26H17F5N2O3/c1-13-9-18-22(10-14(13)2)32-8-7-23(18)36-16-4-5-17(21(28)12-16)24(34)25(35)33-15-3-6-20(27)19(11-15)26(29,30)31/h3-12H,1-2H3,(H,33,35). The molecule has 4 aromatic rings. The number of pyridine rings is 1. The Balaban J connectivity index is 1.54. The quantitative estimate of drug-likeness (QED) is 0.187. The Labute approximate surface area is 201 Å². The summed E-state index contributed by atoms with van der Waals surface area (Å²) in [6.07, 6.45) is -3.47. The average Bonchev–Trinajstić information content (AvgIpc) is 2.80. The monoisotopic (exact) mass is 500 g/mol. The lowest BCUT2D eigenvalue weighted by Gasteiger charge is -2.12. The third kappa shape index (κ3) is 5.02. The normalized spacial score (nSPS) is 11.4. The van der Waals surface area contributed by atoms with Crippen molar-refractivity contribution in [1.29, 1.82) is 0 Å². The summed E-state index contributed by atoms with van der Waals surface area (Å²) in [6.45, 7) is 3.86. The Bertz CT molecular complexity index is 1520. The molecule has 4 rings (SSSR count). The minimum absolute atomic E-state index is 0.0449. The van der Waals surface area contributed by atoms with E-state index in [1.165, 1.54) is 12.3 Å². The highest BCUT2D eigenvalue weighted by molar-refractivity contribution is 6.46. The van der Waals surface area contributed by atoms with Gasteiger partial charge in [0.05, 0.1) is 16.6 Å². The van der Waals surface area contributed by atoms with E-state index in [0.29, 0.717) is 28.8 Å². The van der Waals surface area contributed by atoms with Gasteiger partial charge in [0, 0.05) is 23.3 Å². The van der Waals surface area contributed by atoms with Crippen LogP contribution in [0.25, 0.3) is 10.9 Å². The maximum atomic E-state index is 14.7. The molecular formula is C26H17F5N2O3. The van der Waals surface area contributed by atoms with Gasteiger partial charge in [-0.05, 0) is 73.5 Å². The van der Waals surface area contributed by atoms with Gasteiger partial charge < -0.3 is 10.1 Å². The molecule has 0 unspecified atom stereocenters. The van der Waals surface area contributed by atoms with E-state index in [1.54, 1.807) is 6.07 Å². The molecule has 0 aliphatic heterocycles. The van der Waals surface area contributed by atoms with Crippen LogP contribution < -0.4 is 10.1 Å². The van der Waals surface area contributed by atoms with Crippen LogP contribution in [-0.2, 0) is 11.0 Å².